The van der Waals surface area contributed by atoms with Gasteiger partial charge in [-0.2, -0.15) is 0 Å². The average molecular weight is 414 g/mol. The van der Waals surface area contributed by atoms with Crippen molar-refractivity contribution in [2.45, 2.75) is 45.4 Å². The number of anilines is 1. The summed E-state index contributed by atoms with van der Waals surface area (Å²) in [5, 5.41) is 13.5. The minimum atomic E-state index is 0.107. The Morgan fingerprint density at radius 3 is 2.42 bits per heavy atom. The molecule has 2 heterocycles. The molecule has 2 aromatic carbocycles. The van der Waals surface area contributed by atoms with E-state index in [1.54, 1.807) is 6.20 Å². The predicted molar refractivity (Wildman–Crippen MR) is 127 cm³/mol. The monoisotopic (exact) mass is 413 g/mol. The summed E-state index contributed by atoms with van der Waals surface area (Å²) in [4.78, 5) is 6.76. The van der Waals surface area contributed by atoms with Crippen LogP contribution >= 0.6 is 0 Å². The number of aromatic nitrogens is 1. The summed E-state index contributed by atoms with van der Waals surface area (Å²) in [5.41, 5.74) is 7.56. The molecule has 1 saturated heterocycles. The minimum absolute atomic E-state index is 0.107. The van der Waals surface area contributed by atoms with E-state index in [0.717, 1.165) is 24.3 Å². The predicted octanol–water partition coefficient (Wildman–Crippen LogP) is 6.09. The van der Waals surface area contributed by atoms with Gasteiger partial charge in [0.05, 0.1) is 5.71 Å². The second-order valence-corrected chi connectivity index (χ2v) is 8.49. The molecule has 0 radical (unpaired) electrons. The van der Waals surface area contributed by atoms with Gasteiger partial charge in [-0.05, 0) is 74.1 Å². The molecule has 4 rings (SSSR count). The Bertz CT molecular complexity index is 1040. The van der Waals surface area contributed by atoms with Gasteiger partial charge in [-0.3, -0.25) is 4.98 Å². The van der Waals surface area contributed by atoms with Crippen LogP contribution in [0.5, 0.6) is 0 Å². The molecular weight excluding hydrogens is 382 g/mol. The number of oxime groups is 1. The van der Waals surface area contributed by atoms with Crippen molar-refractivity contribution >= 4 is 11.4 Å². The van der Waals surface area contributed by atoms with E-state index in [-0.39, 0.29) is 5.92 Å². The third-order valence-electron chi connectivity index (χ3n) is 6.33. The summed E-state index contributed by atoms with van der Waals surface area (Å²) in [5.74, 6) is 0.107. The molecule has 0 aliphatic carbocycles. The van der Waals surface area contributed by atoms with E-state index in [1.807, 2.05) is 19.1 Å². The van der Waals surface area contributed by atoms with Crippen LogP contribution in [-0.4, -0.2) is 29.0 Å². The summed E-state index contributed by atoms with van der Waals surface area (Å²) in [6.45, 7) is 6.39. The smallest absolute Gasteiger partial charge is 0.0878 e. The van der Waals surface area contributed by atoms with Crippen molar-refractivity contribution in [2.75, 3.05) is 18.0 Å². The Labute approximate surface area is 185 Å². The highest BCUT2D eigenvalue weighted by Crippen LogP contribution is 2.33. The largest absolute Gasteiger partial charge is 0.411 e. The van der Waals surface area contributed by atoms with E-state index in [4.69, 9.17) is 0 Å². The first kappa shape index (κ1) is 21.1. The first-order valence-electron chi connectivity index (χ1n) is 11.2. The topological polar surface area (TPSA) is 48.7 Å². The van der Waals surface area contributed by atoms with Crippen LogP contribution in [0.2, 0.25) is 0 Å². The molecular formula is C27H31N3O. The fourth-order valence-electron chi connectivity index (χ4n) is 4.59. The maximum absolute atomic E-state index is 9.86. The summed E-state index contributed by atoms with van der Waals surface area (Å²) in [6.07, 6.45) is 6.27. The molecule has 3 aromatic rings. The van der Waals surface area contributed by atoms with Crippen molar-refractivity contribution in [2.24, 2.45) is 5.16 Å². The lowest BCUT2D eigenvalue weighted by atomic mass is 9.83. The van der Waals surface area contributed by atoms with Gasteiger partial charge < -0.3 is 10.1 Å². The summed E-state index contributed by atoms with van der Waals surface area (Å²) in [6, 6.07) is 21.4. The molecule has 0 amide bonds. The highest BCUT2D eigenvalue weighted by molar-refractivity contribution is 6.01. The quantitative estimate of drug-likeness (QED) is 0.302. The number of hydrogen-bond acceptors (Lipinski definition) is 4. The fraction of sp³-hybridized carbons (Fsp3) is 0.333. The summed E-state index contributed by atoms with van der Waals surface area (Å²) in [7, 11) is 0. The standard InChI is InChI=1S/C27H31N3O/c1-20-8-4-5-9-25(20)26(19-27(29-31)23-14-15-28-21(2)18-23)22-10-12-24(13-11-22)30-16-6-3-7-17-30/h4-5,8-15,18,26,31H,3,6-7,16-17,19H2,1-2H3. The molecule has 1 unspecified atom stereocenters. The van der Waals surface area contributed by atoms with Crippen LogP contribution in [0.25, 0.3) is 0 Å². The van der Waals surface area contributed by atoms with Crippen LogP contribution in [0.15, 0.2) is 72.0 Å². The SMILES string of the molecule is Cc1cc(C(CC(c2ccc(N3CCCCC3)cc2)c2ccccc2C)=NO)ccn1. The van der Waals surface area contributed by atoms with Crippen LogP contribution in [0.4, 0.5) is 5.69 Å². The van der Waals surface area contributed by atoms with E-state index >= 15 is 0 Å². The van der Waals surface area contributed by atoms with Gasteiger partial charge in [0.25, 0.3) is 0 Å². The maximum Gasteiger partial charge on any atom is 0.0878 e. The number of aryl methyl sites for hydroxylation is 2. The summed E-state index contributed by atoms with van der Waals surface area (Å²) < 4.78 is 0. The second kappa shape index (κ2) is 9.78. The van der Waals surface area contributed by atoms with E-state index in [2.05, 4.69) is 70.5 Å². The fourth-order valence-corrected chi connectivity index (χ4v) is 4.59. The molecule has 0 bridgehead atoms. The van der Waals surface area contributed by atoms with Crippen molar-refractivity contribution in [1.82, 2.24) is 4.98 Å². The number of benzene rings is 2. The molecule has 0 spiro atoms. The number of hydrogen-bond donors (Lipinski definition) is 1. The van der Waals surface area contributed by atoms with E-state index in [1.165, 1.54) is 41.6 Å². The van der Waals surface area contributed by atoms with Crippen molar-refractivity contribution in [3.8, 4) is 0 Å². The molecule has 1 aliphatic heterocycles. The molecule has 31 heavy (non-hydrogen) atoms. The van der Waals surface area contributed by atoms with Crippen molar-refractivity contribution in [3.05, 3.63) is 94.8 Å². The van der Waals surface area contributed by atoms with Gasteiger partial charge in [-0.25, -0.2) is 0 Å². The molecule has 4 nitrogen and oxygen atoms in total. The van der Waals surface area contributed by atoms with Crippen LogP contribution in [0.3, 0.4) is 0 Å². The zero-order valence-corrected chi connectivity index (χ0v) is 18.5. The molecule has 4 heteroatoms. The highest BCUT2D eigenvalue weighted by Gasteiger charge is 2.21. The molecule has 1 atom stereocenters. The number of pyridine rings is 1. The van der Waals surface area contributed by atoms with Crippen LogP contribution in [0, 0.1) is 13.8 Å². The Morgan fingerprint density at radius 2 is 1.74 bits per heavy atom. The van der Waals surface area contributed by atoms with Gasteiger partial charge in [-0.1, -0.05) is 41.6 Å². The third-order valence-corrected chi connectivity index (χ3v) is 6.33. The first-order chi connectivity index (χ1) is 15.2. The highest BCUT2D eigenvalue weighted by atomic mass is 16.4. The van der Waals surface area contributed by atoms with Gasteiger partial charge in [0.1, 0.15) is 0 Å². The van der Waals surface area contributed by atoms with Gasteiger partial charge in [0.2, 0.25) is 0 Å². The van der Waals surface area contributed by atoms with E-state index < -0.39 is 0 Å². The molecule has 1 fully saturated rings. The molecule has 0 saturated carbocycles. The number of nitrogens with zero attached hydrogens (tertiary/aromatic N) is 3. The van der Waals surface area contributed by atoms with Gasteiger partial charge in [-0.15, -0.1) is 0 Å². The lowest BCUT2D eigenvalue weighted by Gasteiger charge is -2.29. The lowest BCUT2D eigenvalue weighted by molar-refractivity contribution is 0.317. The van der Waals surface area contributed by atoms with Crippen LogP contribution in [-0.2, 0) is 0 Å². The lowest BCUT2D eigenvalue weighted by Crippen LogP contribution is -2.29. The molecule has 1 N–H and O–H groups in total. The maximum atomic E-state index is 9.86. The Hall–Kier alpha value is -3.14. The Kier molecular flexibility index (Phi) is 6.66. The van der Waals surface area contributed by atoms with Gasteiger partial charge in [0.15, 0.2) is 0 Å². The molecule has 1 aromatic heterocycles. The zero-order valence-electron chi connectivity index (χ0n) is 18.5. The normalized spacial score (nSPS) is 15.7. The van der Waals surface area contributed by atoms with E-state index in [9.17, 15) is 5.21 Å². The first-order valence-corrected chi connectivity index (χ1v) is 11.2. The Balaban J connectivity index is 1.67. The summed E-state index contributed by atoms with van der Waals surface area (Å²) >= 11 is 0. The van der Waals surface area contributed by atoms with Crippen molar-refractivity contribution in [1.29, 1.82) is 0 Å². The molecule has 160 valence electrons. The van der Waals surface area contributed by atoms with Gasteiger partial charge >= 0.3 is 0 Å². The number of rotatable bonds is 6. The Morgan fingerprint density at radius 1 is 1.00 bits per heavy atom. The second-order valence-electron chi connectivity index (χ2n) is 8.49. The van der Waals surface area contributed by atoms with Crippen LogP contribution < -0.4 is 4.90 Å². The zero-order chi connectivity index (χ0) is 21.6. The van der Waals surface area contributed by atoms with Crippen molar-refractivity contribution < 1.29 is 5.21 Å². The van der Waals surface area contributed by atoms with E-state index in [0.29, 0.717) is 12.1 Å². The number of piperidine rings is 1. The van der Waals surface area contributed by atoms with Crippen LogP contribution in [0.1, 0.15) is 59.5 Å². The third kappa shape index (κ3) is 4.96. The minimum Gasteiger partial charge on any atom is -0.411 e. The van der Waals surface area contributed by atoms with Crippen molar-refractivity contribution in [3.63, 3.8) is 0 Å². The van der Waals surface area contributed by atoms with Gasteiger partial charge in [0, 0.05) is 48.6 Å². The average Bonchev–Trinajstić information content (AvgIpc) is 2.81. The molecule has 1 aliphatic rings.